The Morgan fingerprint density at radius 3 is 2.48 bits per heavy atom. The third-order valence-corrected chi connectivity index (χ3v) is 6.17. The molecule has 6 heteroatoms. The number of ether oxygens (including phenoxy) is 3. The molecule has 1 saturated heterocycles. The molecule has 0 saturated carbocycles. The van der Waals surface area contributed by atoms with Crippen molar-refractivity contribution in [2.75, 3.05) is 34.4 Å². The average Bonchev–Trinajstić information content (AvgIpc) is 3.13. The molecule has 2 aromatic rings. The maximum absolute atomic E-state index is 12.9. The summed E-state index contributed by atoms with van der Waals surface area (Å²) in [5, 5.41) is 2.00. The van der Waals surface area contributed by atoms with Crippen LogP contribution in [0.4, 0.5) is 0 Å². The molecule has 1 atom stereocenters. The Bertz CT molecular complexity index is 801. The third-order valence-electron chi connectivity index (χ3n) is 5.14. The minimum absolute atomic E-state index is 0.0576. The van der Waals surface area contributed by atoms with Gasteiger partial charge in [-0.25, -0.2) is 0 Å². The lowest BCUT2D eigenvalue weighted by atomic mass is 9.92. The van der Waals surface area contributed by atoms with Gasteiger partial charge in [-0.2, -0.15) is 0 Å². The van der Waals surface area contributed by atoms with E-state index in [1.165, 1.54) is 0 Å². The SMILES string of the molecule is COc1cc(OC)c(OC)cc1CN1CCC[C@@H](C(=O)c2sccc2C)C1. The first-order chi connectivity index (χ1) is 13.1. The number of ketones is 1. The van der Waals surface area contributed by atoms with Crippen molar-refractivity contribution in [1.82, 2.24) is 4.90 Å². The van der Waals surface area contributed by atoms with E-state index in [1.54, 1.807) is 32.7 Å². The van der Waals surface area contributed by atoms with Crippen LogP contribution >= 0.6 is 11.3 Å². The fourth-order valence-corrected chi connectivity index (χ4v) is 4.63. The number of aryl methyl sites for hydroxylation is 1. The van der Waals surface area contributed by atoms with Gasteiger partial charge in [0.2, 0.25) is 0 Å². The first-order valence-electron chi connectivity index (χ1n) is 9.17. The highest BCUT2D eigenvalue weighted by Crippen LogP contribution is 2.36. The normalized spacial score (nSPS) is 17.6. The van der Waals surface area contributed by atoms with E-state index >= 15 is 0 Å². The summed E-state index contributed by atoms with van der Waals surface area (Å²) < 4.78 is 16.3. The minimum Gasteiger partial charge on any atom is -0.496 e. The van der Waals surface area contributed by atoms with E-state index < -0.39 is 0 Å². The molecule has 1 aromatic heterocycles. The summed E-state index contributed by atoms with van der Waals surface area (Å²) >= 11 is 1.55. The molecular formula is C21H27NO4S. The summed E-state index contributed by atoms with van der Waals surface area (Å²) in [6, 6.07) is 5.84. The van der Waals surface area contributed by atoms with Gasteiger partial charge in [-0.05, 0) is 49.4 Å². The van der Waals surface area contributed by atoms with Gasteiger partial charge in [0.05, 0.1) is 26.2 Å². The maximum Gasteiger partial charge on any atom is 0.177 e. The highest BCUT2D eigenvalue weighted by molar-refractivity contribution is 7.12. The summed E-state index contributed by atoms with van der Waals surface area (Å²) in [6.45, 7) is 4.48. The number of likely N-dealkylation sites (tertiary alicyclic amines) is 1. The van der Waals surface area contributed by atoms with Gasteiger partial charge in [-0.15, -0.1) is 11.3 Å². The zero-order valence-electron chi connectivity index (χ0n) is 16.4. The first kappa shape index (κ1) is 19.7. The van der Waals surface area contributed by atoms with E-state index in [0.717, 1.165) is 54.2 Å². The van der Waals surface area contributed by atoms with Crippen LogP contribution in [0.5, 0.6) is 17.2 Å². The molecular weight excluding hydrogens is 362 g/mol. The van der Waals surface area contributed by atoms with Crippen LogP contribution in [0, 0.1) is 12.8 Å². The Morgan fingerprint density at radius 1 is 1.15 bits per heavy atom. The number of piperidine rings is 1. The number of methoxy groups -OCH3 is 3. The van der Waals surface area contributed by atoms with Crippen LogP contribution in [0.1, 0.15) is 33.6 Å². The number of hydrogen-bond acceptors (Lipinski definition) is 6. The second kappa shape index (κ2) is 8.76. The van der Waals surface area contributed by atoms with Gasteiger partial charge in [-0.1, -0.05) is 0 Å². The fourth-order valence-electron chi connectivity index (χ4n) is 3.68. The van der Waals surface area contributed by atoms with Crippen molar-refractivity contribution in [3.63, 3.8) is 0 Å². The molecule has 5 nitrogen and oxygen atoms in total. The van der Waals surface area contributed by atoms with Gasteiger partial charge < -0.3 is 14.2 Å². The number of benzene rings is 1. The van der Waals surface area contributed by atoms with E-state index in [1.807, 2.05) is 30.5 Å². The zero-order chi connectivity index (χ0) is 19.4. The van der Waals surface area contributed by atoms with Crippen LogP contribution in [0.2, 0.25) is 0 Å². The fraction of sp³-hybridized carbons (Fsp3) is 0.476. The molecule has 0 aliphatic carbocycles. The molecule has 1 fully saturated rings. The van der Waals surface area contributed by atoms with E-state index in [4.69, 9.17) is 14.2 Å². The van der Waals surface area contributed by atoms with Crippen molar-refractivity contribution in [1.29, 1.82) is 0 Å². The average molecular weight is 390 g/mol. The number of nitrogens with zero attached hydrogens (tertiary/aromatic N) is 1. The predicted octanol–water partition coefficient (Wildman–Crippen LogP) is 4.18. The number of carbonyl (C=O) groups is 1. The summed E-state index contributed by atoms with van der Waals surface area (Å²) in [5.41, 5.74) is 2.12. The van der Waals surface area contributed by atoms with Crippen LogP contribution in [0.3, 0.4) is 0 Å². The lowest BCUT2D eigenvalue weighted by Crippen LogP contribution is -2.38. The van der Waals surface area contributed by atoms with Crippen LogP contribution in [-0.4, -0.2) is 45.1 Å². The van der Waals surface area contributed by atoms with Crippen molar-refractivity contribution in [2.24, 2.45) is 5.92 Å². The lowest BCUT2D eigenvalue weighted by molar-refractivity contribution is 0.0814. The summed E-state index contributed by atoms with van der Waals surface area (Å²) in [5.74, 6) is 2.45. The molecule has 0 radical (unpaired) electrons. The van der Waals surface area contributed by atoms with E-state index in [0.29, 0.717) is 11.5 Å². The Labute approximate surface area is 164 Å². The Balaban J connectivity index is 1.76. The Hall–Kier alpha value is -2.05. The van der Waals surface area contributed by atoms with Crippen LogP contribution in [-0.2, 0) is 6.54 Å². The molecule has 0 unspecified atom stereocenters. The van der Waals surface area contributed by atoms with Crippen LogP contribution in [0.25, 0.3) is 0 Å². The van der Waals surface area contributed by atoms with Gasteiger partial charge >= 0.3 is 0 Å². The van der Waals surface area contributed by atoms with Gasteiger partial charge in [0, 0.05) is 30.6 Å². The predicted molar refractivity (Wildman–Crippen MR) is 107 cm³/mol. The molecule has 0 amide bonds. The Morgan fingerprint density at radius 2 is 1.85 bits per heavy atom. The van der Waals surface area contributed by atoms with Gasteiger partial charge in [-0.3, -0.25) is 9.69 Å². The minimum atomic E-state index is 0.0576. The van der Waals surface area contributed by atoms with Crippen molar-refractivity contribution >= 4 is 17.1 Å². The Kier molecular flexibility index (Phi) is 6.39. The molecule has 1 aliphatic rings. The molecule has 3 rings (SSSR count). The van der Waals surface area contributed by atoms with Crippen molar-refractivity contribution < 1.29 is 19.0 Å². The van der Waals surface area contributed by atoms with Gasteiger partial charge in [0.15, 0.2) is 17.3 Å². The zero-order valence-corrected chi connectivity index (χ0v) is 17.2. The van der Waals surface area contributed by atoms with E-state index in [2.05, 4.69) is 4.90 Å². The van der Waals surface area contributed by atoms with E-state index in [9.17, 15) is 4.79 Å². The molecule has 2 heterocycles. The smallest absolute Gasteiger partial charge is 0.177 e. The second-order valence-corrected chi connectivity index (χ2v) is 7.81. The summed E-state index contributed by atoms with van der Waals surface area (Å²) in [7, 11) is 4.91. The van der Waals surface area contributed by atoms with Crippen LogP contribution < -0.4 is 14.2 Å². The first-order valence-corrected chi connectivity index (χ1v) is 10.0. The highest BCUT2D eigenvalue weighted by Gasteiger charge is 2.28. The molecule has 1 aromatic carbocycles. The molecule has 0 bridgehead atoms. The summed E-state index contributed by atoms with van der Waals surface area (Å²) in [4.78, 5) is 16.1. The molecule has 0 spiro atoms. The topological polar surface area (TPSA) is 48.0 Å². The third kappa shape index (κ3) is 4.28. The van der Waals surface area contributed by atoms with Crippen molar-refractivity contribution in [3.05, 3.63) is 39.6 Å². The van der Waals surface area contributed by atoms with Gasteiger partial charge in [0.25, 0.3) is 0 Å². The number of thiophene rings is 1. The van der Waals surface area contributed by atoms with Crippen molar-refractivity contribution in [3.8, 4) is 17.2 Å². The van der Waals surface area contributed by atoms with Crippen LogP contribution in [0.15, 0.2) is 23.6 Å². The molecule has 0 N–H and O–H groups in total. The maximum atomic E-state index is 12.9. The summed E-state index contributed by atoms with van der Waals surface area (Å²) in [6.07, 6.45) is 1.98. The molecule has 146 valence electrons. The lowest BCUT2D eigenvalue weighted by Gasteiger charge is -2.32. The second-order valence-electron chi connectivity index (χ2n) is 6.89. The highest BCUT2D eigenvalue weighted by atomic mass is 32.1. The quantitative estimate of drug-likeness (QED) is 0.665. The number of hydrogen-bond donors (Lipinski definition) is 0. The molecule has 27 heavy (non-hydrogen) atoms. The van der Waals surface area contributed by atoms with Gasteiger partial charge in [0.1, 0.15) is 5.75 Å². The number of carbonyl (C=O) groups excluding carboxylic acids is 1. The molecule has 1 aliphatic heterocycles. The number of rotatable bonds is 7. The van der Waals surface area contributed by atoms with Crippen molar-refractivity contribution in [2.45, 2.75) is 26.3 Å². The monoisotopic (exact) mass is 389 g/mol. The standard InChI is InChI=1S/C21H27NO4S/c1-14-7-9-27-21(14)20(23)15-6-5-8-22(12-15)13-16-10-18(25-3)19(26-4)11-17(16)24-2/h7,9-11,15H,5-6,8,12-13H2,1-4H3/t15-/m1/s1. The van der Waals surface area contributed by atoms with E-state index in [-0.39, 0.29) is 11.7 Å². The largest absolute Gasteiger partial charge is 0.496 e. The number of Topliss-reactive ketones (excluding diaryl/α,β-unsaturated/α-hetero) is 1.